The van der Waals surface area contributed by atoms with Gasteiger partial charge in [0.05, 0.1) is 18.3 Å². The number of hydrogen-bond donors (Lipinski definition) is 3. The number of nitrogens with one attached hydrogen (secondary N) is 2. The van der Waals surface area contributed by atoms with Crippen LogP contribution in [0.4, 0.5) is 19.3 Å². The second-order valence-electron chi connectivity index (χ2n) is 4.94. The summed E-state index contributed by atoms with van der Waals surface area (Å²) >= 11 is 0. The van der Waals surface area contributed by atoms with Gasteiger partial charge in [0.15, 0.2) is 0 Å². The first-order valence-electron chi connectivity index (χ1n) is 7.33. The Morgan fingerprint density at radius 1 is 1.08 bits per heavy atom. The Kier molecular flexibility index (Phi) is 6.51. The zero-order valence-electron chi connectivity index (χ0n) is 12.8. The van der Waals surface area contributed by atoms with E-state index in [1.54, 1.807) is 36.4 Å². The summed E-state index contributed by atoms with van der Waals surface area (Å²) in [4.78, 5) is 12.1. The molecule has 0 saturated heterocycles. The third-order valence-corrected chi connectivity index (χ3v) is 3.19. The number of anilines is 1. The second kappa shape index (κ2) is 8.83. The minimum atomic E-state index is -2.61. The normalized spacial score (nSPS) is 11.8. The van der Waals surface area contributed by atoms with Gasteiger partial charge in [-0.15, -0.1) is 0 Å². The molecule has 2 aromatic rings. The largest absolute Gasteiger partial charge is 0.485 e. The van der Waals surface area contributed by atoms with Crippen LogP contribution < -0.4 is 15.4 Å². The Morgan fingerprint density at radius 3 is 2.42 bits per heavy atom. The summed E-state index contributed by atoms with van der Waals surface area (Å²) in [6.07, 6.45) is -2.61. The van der Waals surface area contributed by atoms with Gasteiger partial charge in [-0.25, -0.2) is 13.6 Å². The van der Waals surface area contributed by atoms with E-state index < -0.39 is 25.1 Å². The molecule has 2 rings (SSSR count). The van der Waals surface area contributed by atoms with Gasteiger partial charge in [-0.1, -0.05) is 42.5 Å². The molecular formula is C17H18F2N2O3. The van der Waals surface area contributed by atoms with E-state index in [1.165, 1.54) is 12.1 Å². The van der Waals surface area contributed by atoms with E-state index in [0.29, 0.717) is 0 Å². The summed E-state index contributed by atoms with van der Waals surface area (Å²) in [5, 5.41) is 14.6. The lowest BCUT2D eigenvalue weighted by Gasteiger charge is -2.18. The van der Waals surface area contributed by atoms with E-state index in [4.69, 9.17) is 4.74 Å². The molecule has 2 amide bonds. The van der Waals surface area contributed by atoms with Gasteiger partial charge in [-0.2, -0.15) is 0 Å². The average molecular weight is 336 g/mol. The molecule has 0 aromatic heterocycles. The summed E-state index contributed by atoms with van der Waals surface area (Å²) in [5.41, 5.74) is 1.01. The number of rotatable bonds is 7. The van der Waals surface area contributed by atoms with Crippen LogP contribution in [-0.4, -0.2) is 30.8 Å². The summed E-state index contributed by atoms with van der Waals surface area (Å²) in [7, 11) is 0. The number of carbonyl (C=O) groups is 1. The molecule has 0 heterocycles. The van der Waals surface area contributed by atoms with Crippen molar-refractivity contribution in [3.8, 4) is 5.75 Å². The average Bonchev–Trinajstić information content (AvgIpc) is 2.59. The van der Waals surface area contributed by atoms with Crippen LogP contribution in [-0.2, 0) is 0 Å². The van der Waals surface area contributed by atoms with E-state index in [9.17, 15) is 18.7 Å². The van der Waals surface area contributed by atoms with Crippen LogP contribution in [0, 0.1) is 0 Å². The first-order valence-corrected chi connectivity index (χ1v) is 7.33. The summed E-state index contributed by atoms with van der Waals surface area (Å²) in [6, 6.07) is 14.1. The van der Waals surface area contributed by atoms with Gasteiger partial charge in [0.25, 0.3) is 6.43 Å². The van der Waals surface area contributed by atoms with Crippen LogP contribution in [0.5, 0.6) is 5.75 Å². The molecule has 0 aliphatic rings. The van der Waals surface area contributed by atoms with Crippen molar-refractivity contribution in [2.45, 2.75) is 12.5 Å². The minimum absolute atomic E-state index is 0.146. The number of urea groups is 1. The van der Waals surface area contributed by atoms with Crippen molar-refractivity contribution in [2.24, 2.45) is 0 Å². The third-order valence-electron chi connectivity index (χ3n) is 3.19. The fourth-order valence-corrected chi connectivity index (χ4v) is 2.08. The van der Waals surface area contributed by atoms with Crippen LogP contribution in [0.25, 0.3) is 0 Å². The molecule has 1 atom stereocenters. The number of carbonyl (C=O) groups excluding carboxylic acids is 1. The molecule has 3 N–H and O–H groups in total. The molecule has 128 valence electrons. The highest BCUT2D eigenvalue weighted by Crippen LogP contribution is 2.24. The summed E-state index contributed by atoms with van der Waals surface area (Å²) in [6.45, 7) is -1.04. The lowest BCUT2D eigenvalue weighted by atomic mass is 10.1. The van der Waals surface area contributed by atoms with Crippen LogP contribution >= 0.6 is 0 Å². The fourth-order valence-electron chi connectivity index (χ4n) is 2.08. The highest BCUT2D eigenvalue weighted by molar-refractivity contribution is 5.91. The molecule has 2 aromatic carbocycles. The quantitative estimate of drug-likeness (QED) is 0.727. The molecule has 0 fully saturated rings. The molecular weight excluding hydrogens is 318 g/mol. The molecule has 24 heavy (non-hydrogen) atoms. The highest BCUT2D eigenvalue weighted by Gasteiger charge is 2.15. The summed E-state index contributed by atoms with van der Waals surface area (Å²) in [5.74, 6) is 0.146. The van der Waals surface area contributed by atoms with Crippen LogP contribution in [0.15, 0.2) is 54.6 Å². The Morgan fingerprint density at radius 2 is 1.75 bits per heavy atom. The minimum Gasteiger partial charge on any atom is -0.485 e. The standard InChI is InChI=1S/C17H18F2N2O3/c18-16(19)11-24-15-9-5-4-8-13(15)20-17(23)21-14(10-22)12-6-2-1-3-7-12/h1-9,14,16,22H,10-11H2,(H2,20,21,23)/t14-/m1/s1. The van der Waals surface area contributed by atoms with Crippen molar-refractivity contribution < 1.29 is 23.4 Å². The van der Waals surface area contributed by atoms with Crippen molar-refractivity contribution >= 4 is 11.7 Å². The highest BCUT2D eigenvalue weighted by atomic mass is 19.3. The predicted molar refractivity (Wildman–Crippen MR) is 86.4 cm³/mol. The molecule has 7 heteroatoms. The van der Waals surface area contributed by atoms with Crippen LogP contribution in [0.2, 0.25) is 0 Å². The molecule has 0 unspecified atom stereocenters. The van der Waals surface area contributed by atoms with Gasteiger partial charge < -0.3 is 20.5 Å². The van der Waals surface area contributed by atoms with E-state index >= 15 is 0 Å². The number of hydrogen-bond acceptors (Lipinski definition) is 3. The molecule has 0 aliphatic carbocycles. The number of amides is 2. The maximum absolute atomic E-state index is 12.3. The first-order chi connectivity index (χ1) is 11.6. The SMILES string of the molecule is O=C(Nc1ccccc1OCC(F)F)N[C@H](CO)c1ccccc1. The molecule has 5 nitrogen and oxygen atoms in total. The maximum Gasteiger partial charge on any atom is 0.319 e. The van der Waals surface area contributed by atoms with E-state index in [2.05, 4.69) is 10.6 Å². The topological polar surface area (TPSA) is 70.6 Å². The molecule has 0 bridgehead atoms. The number of benzene rings is 2. The third kappa shape index (κ3) is 5.20. The van der Waals surface area contributed by atoms with Gasteiger partial charge in [0, 0.05) is 0 Å². The second-order valence-corrected chi connectivity index (χ2v) is 4.94. The van der Waals surface area contributed by atoms with Crippen molar-refractivity contribution in [2.75, 3.05) is 18.5 Å². The van der Waals surface area contributed by atoms with Gasteiger partial charge in [0.2, 0.25) is 0 Å². The van der Waals surface area contributed by atoms with Crippen molar-refractivity contribution in [3.05, 3.63) is 60.2 Å². The van der Waals surface area contributed by atoms with E-state index in [1.807, 2.05) is 6.07 Å². The van der Waals surface area contributed by atoms with Crippen molar-refractivity contribution in [1.82, 2.24) is 5.32 Å². The van der Waals surface area contributed by atoms with Crippen molar-refractivity contribution in [1.29, 1.82) is 0 Å². The molecule has 0 radical (unpaired) electrons. The monoisotopic (exact) mass is 336 g/mol. The van der Waals surface area contributed by atoms with Gasteiger partial charge in [0.1, 0.15) is 12.4 Å². The maximum atomic E-state index is 12.3. The number of halogens is 2. The number of para-hydroxylation sites is 2. The molecule has 0 saturated carbocycles. The zero-order valence-corrected chi connectivity index (χ0v) is 12.8. The Hall–Kier alpha value is -2.67. The lowest BCUT2D eigenvalue weighted by molar-refractivity contribution is 0.0822. The van der Waals surface area contributed by atoms with E-state index in [-0.39, 0.29) is 18.0 Å². The number of aliphatic hydroxyl groups excluding tert-OH is 1. The van der Waals surface area contributed by atoms with Gasteiger partial charge in [-0.05, 0) is 17.7 Å². The molecule has 0 spiro atoms. The first kappa shape index (κ1) is 17.7. The van der Waals surface area contributed by atoms with Gasteiger partial charge in [-0.3, -0.25) is 0 Å². The lowest BCUT2D eigenvalue weighted by Crippen LogP contribution is -2.34. The number of aliphatic hydroxyl groups is 1. The van der Waals surface area contributed by atoms with Crippen LogP contribution in [0.1, 0.15) is 11.6 Å². The Bertz CT molecular complexity index is 653. The van der Waals surface area contributed by atoms with Crippen molar-refractivity contribution in [3.63, 3.8) is 0 Å². The number of ether oxygens (including phenoxy) is 1. The molecule has 0 aliphatic heterocycles. The summed E-state index contributed by atoms with van der Waals surface area (Å²) < 4.78 is 29.5. The number of alkyl halides is 2. The Labute approximate surface area is 138 Å². The van der Waals surface area contributed by atoms with Crippen LogP contribution in [0.3, 0.4) is 0 Å². The fraction of sp³-hybridized carbons (Fsp3) is 0.235. The smallest absolute Gasteiger partial charge is 0.319 e. The zero-order chi connectivity index (χ0) is 17.4. The van der Waals surface area contributed by atoms with Gasteiger partial charge >= 0.3 is 6.03 Å². The van der Waals surface area contributed by atoms with E-state index in [0.717, 1.165) is 5.56 Å². The Balaban J connectivity index is 2.01. The predicted octanol–water partition coefficient (Wildman–Crippen LogP) is 3.19.